The molecule has 3 rings (SSSR count). The first kappa shape index (κ1) is 34.6. The monoisotopic (exact) mass is 664 g/mol. The smallest absolute Gasteiger partial charge is 0.273 e. The zero-order chi connectivity index (χ0) is 32.8. The van der Waals surface area contributed by atoms with Crippen LogP contribution in [0.15, 0.2) is 65.6 Å². The molecule has 1 atom stereocenters. The lowest BCUT2D eigenvalue weighted by atomic mass is 10.1. The number of nitro benzene ring substituents is 1. The van der Waals surface area contributed by atoms with Crippen LogP contribution in [0.4, 0.5) is 11.4 Å². The maximum absolute atomic E-state index is 14.2. The standard InChI is InChI=1S/C30H34Cl2N4O7S/c1-19(2)16-33-30(38)21(4)34(17-22-7-6-8-23(31)13-22)29(37)18-35(27-14-24(32)10-12-28(27)43-5)44(41,42)25-11-9-20(3)26(15-25)36(39)40/h6-15,19,21H,16-18H2,1-5H3,(H,33,38)/t21-/m1/s1. The van der Waals surface area contributed by atoms with Gasteiger partial charge in [0.25, 0.3) is 15.7 Å². The Morgan fingerprint density at radius 3 is 2.32 bits per heavy atom. The molecule has 0 spiro atoms. The number of ether oxygens (including phenoxy) is 1. The van der Waals surface area contributed by atoms with E-state index in [1.807, 2.05) is 13.8 Å². The van der Waals surface area contributed by atoms with E-state index in [9.17, 15) is 28.1 Å². The molecule has 44 heavy (non-hydrogen) atoms. The second kappa shape index (κ2) is 14.7. The SMILES string of the molecule is COc1ccc(Cl)cc1N(CC(=O)N(Cc1cccc(Cl)c1)[C@H](C)C(=O)NCC(C)C)S(=O)(=O)c1ccc(C)c([N+](=O)[O-])c1. The van der Waals surface area contributed by atoms with E-state index in [0.29, 0.717) is 17.1 Å². The Hall–Kier alpha value is -3.87. The van der Waals surface area contributed by atoms with Crippen LogP contribution in [0.5, 0.6) is 5.75 Å². The number of hydrogen-bond donors (Lipinski definition) is 1. The minimum Gasteiger partial charge on any atom is -0.495 e. The van der Waals surface area contributed by atoms with Gasteiger partial charge in [-0.25, -0.2) is 8.42 Å². The molecule has 11 nitrogen and oxygen atoms in total. The molecule has 0 heterocycles. The van der Waals surface area contributed by atoms with Gasteiger partial charge in [0.15, 0.2) is 0 Å². The number of amides is 2. The first-order valence-corrected chi connectivity index (χ1v) is 15.8. The van der Waals surface area contributed by atoms with E-state index in [0.717, 1.165) is 10.4 Å². The molecular formula is C30H34Cl2N4O7S. The fourth-order valence-corrected chi connectivity index (χ4v) is 6.13. The van der Waals surface area contributed by atoms with Gasteiger partial charge in [-0.1, -0.05) is 55.2 Å². The van der Waals surface area contributed by atoms with Crippen molar-refractivity contribution in [3.05, 3.63) is 92.0 Å². The number of carbonyl (C=O) groups excluding carboxylic acids is 2. The second-order valence-electron chi connectivity index (χ2n) is 10.5. The Morgan fingerprint density at radius 1 is 1.02 bits per heavy atom. The van der Waals surface area contributed by atoms with Crippen molar-refractivity contribution < 1.29 is 27.7 Å². The molecule has 0 bridgehead atoms. The summed E-state index contributed by atoms with van der Waals surface area (Å²) in [5, 5.41) is 15.0. The van der Waals surface area contributed by atoms with Crippen molar-refractivity contribution in [1.29, 1.82) is 0 Å². The fraction of sp³-hybridized carbons (Fsp3) is 0.333. The number of halogens is 2. The Morgan fingerprint density at radius 2 is 1.70 bits per heavy atom. The van der Waals surface area contributed by atoms with Gasteiger partial charge in [0, 0.05) is 34.8 Å². The maximum atomic E-state index is 14.2. The van der Waals surface area contributed by atoms with Crippen molar-refractivity contribution in [3.8, 4) is 5.75 Å². The van der Waals surface area contributed by atoms with E-state index >= 15 is 0 Å². The molecule has 0 fully saturated rings. The summed E-state index contributed by atoms with van der Waals surface area (Å²) < 4.78 is 34.5. The van der Waals surface area contributed by atoms with Crippen LogP contribution >= 0.6 is 23.2 Å². The number of aryl methyl sites for hydroxylation is 1. The number of carbonyl (C=O) groups is 2. The van der Waals surface area contributed by atoms with Crippen molar-refractivity contribution in [2.75, 3.05) is 24.5 Å². The van der Waals surface area contributed by atoms with Crippen molar-refractivity contribution in [2.24, 2.45) is 5.92 Å². The van der Waals surface area contributed by atoms with Crippen LogP contribution in [0, 0.1) is 23.0 Å². The highest BCUT2D eigenvalue weighted by Crippen LogP contribution is 2.36. The topological polar surface area (TPSA) is 139 Å². The van der Waals surface area contributed by atoms with Gasteiger partial charge in [-0.3, -0.25) is 24.0 Å². The highest BCUT2D eigenvalue weighted by Gasteiger charge is 2.35. The molecule has 0 aliphatic rings. The predicted octanol–water partition coefficient (Wildman–Crippen LogP) is 5.60. The van der Waals surface area contributed by atoms with Crippen molar-refractivity contribution >= 4 is 56.4 Å². The summed E-state index contributed by atoms with van der Waals surface area (Å²) >= 11 is 12.4. The lowest BCUT2D eigenvalue weighted by Gasteiger charge is -2.32. The van der Waals surface area contributed by atoms with Crippen LogP contribution < -0.4 is 14.4 Å². The highest BCUT2D eigenvalue weighted by molar-refractivity contribution is 7.92. The van der Waals surface area contributed by atoms with Gasteiger partial charge in [-0.2, -0.15) is 0 Å². The summed E-state index contributed by atoms with van der Waals surface area (Å²) in [5.41, 5.74) is 0.383. The minimum atomic E-state index is -4.63. The van der Waals surface area contributed by atoms with Gasteiger partial charge in [-0.05, 0) is 61.7 Å². The van der Waals surface area contributed by atoms with E-state index in [1.165, 1.54) is 49.3 Å². The minimum absolute atomic E-state index is 0.0633. The first-order valence-electron chi connectivity index (χ1n) is 13.6. The van der Waals surface area contributed by atoms with E-state index < -0.39 is 49.9 Å². The van der Waals surface area contributed by atoms with E-state index in [4.69, 9.17) is 27.9 Å². The summed E-state index contributed by atoms with van der Waals surface area (Å²) in [4.78, 5) is 39.0. The molecule has 236 valence electrons. The highest BCUT2D eigenvalue weighted by atomic mass is 35.5. The molecule has 0 aliphatic heterocycles. The van der Waals surface area contributed by atoms with Gasteiger partial charge in [-0.15, -0.1) is 0 Å². The Kier molecular flexibility index (Phi) is 11.6. The maximum Gasteiger partial charge on any atom is 0.273 e. The number of hydrogen-bond acceptors (Lipinski definition) is 7. The molecule has 2 amide bonds. The normalized spacial score (nSPS) is 12.0. The lowest BCUT2D eigenvalue weighted by molar-refractivity contribution is -0.385. The van der Waals surface area contributed by atoms with Crippen LogP contribution in [0.1, 0.15) is 31.9 Å². The molecule has 0 saturated carbocycles. The molecular weight excluding hydrogens is 631 g/mol. The number of methoxy groups -OCH3 is 1. The second-order valence-corrected chi connectivity index (χ2v) is 13.2. The van der Waals surface area contributed by atoms with Gasteiger partial charge >= 0.3 is 0 Å². The number of nitrogens with zero attached hydrogens (tertiary/aromatic N) is 3. The average Bonchev–Trinajstić information content (AvgIpc) is 2.96. The molecule has 0 aliphatic carbocycles. The van der Waals surface area contributed by atoms with Crippen LogP contribution in [0.2, 0.25) is 10.0 Å². The molecule has 14 heteroatoms. The Labute approximate surface area is 266 Å². The van der Waals surface area contributed by atoms with Crippen molar-refractivity contribution in [1.82, 2.24) is 10.2 Å². The number of nitro groups is 1. The summed E-state index contributed by atoms with van der Waals surface area (Å²) in [7, 11) is -3.31. The largest absolute Gasteiger partial charge is 0.495 e. The zero-order valence-electron chi connectivity index (χ0n) is 24.9. The third-order valence-electron chi connectivity index (χ3n) is 6.75. The molecule has 1 N–H and O–H groups in total. The molecule has 3 aromatic carbocycles. The summed E-state index contributed by atoms with van der Waals surface area (Å²) in [6, 6.07) is 13.4. The molecule has 3 aromatic rings. The third-order valence-corrected chi connectivity index (χ3v) is 8.97. The van der Waals surface area contributed by atoms with Gasteiger partial charge in [0.2, 0.25) is 11.8 Å². The van der Waals surface area contributed by atoms with Crippen molar-refractivity contribution in [3.63, 3.8) is 0 Å². The lowest BCUT2D eigenvalue weighted by Crippen LogP contribution is -2.51. The van der Waals surface area contributed by atoms with Crippen LogP contribution in [0.25, 0.3) is 0 Å². The summed E-state index contributed by atoms with van der Waals surface area (Å²) in [6.45, 7) is 6.40. The van der Waals surface area contributed by atoms with Crippen LogP contribution in [-0.2, 0) is 26.2 Å². The zero-order valence-corrected chi connectivity index (χ0v) is 27.2. The third kappa shape index (κ3) is 8.40. The number of anilines is 1. The van der Waals surface area contributed by atoms with Crippen molar-refractivity contribution in [2.45, 2.75) is 45.2 Å². The number of benzene rings is 3. The van der Waals surface area contributed by atoms with Gasteiger partial charge in [0.05, 0.1) is 22.6 Å². The van der Waals surface area contributed by atoms with E-state index in [-0.39, 0.29) is 34.5 Å². The first-order chi connectivity index (χ1) is 20.6. The predicted molar refractivity (Wildman–Crippen MR) is 170 cm³/mol. The van der Waals surface area contributed by atoms with Crippen LogP contribution in [0.3, 0.4) is 0 Å². The fourth-order valence-electron chi connectivity index (χ4n) is 4.31. The number of rotatable bonds is 13. The van der Waals surface area contributed by atoms with E-state index in [1.54, 1.807) is 31.2 Å². The van der Waals surface area contributed by atoms with Gasteiger partial charge in [0.1, 0.15) is 18.3 Å². The summed E-state index contributed by atoms with van der Waals surface area (Å²) in [6.07, 6.45) is 0. The quantitative estimate of drug-likeness (QED) is 0.185. The number of nitrogens with one attached hydrogen (secondary N) is 1. The molecule has 0 radical (unpaired) electrons. The average molecular weight is 666 g/mol. The van der Waals surface area contributed by atoms with Crippen LogP contribution in [-0.4, -0.2) is 56.3 Å². The summed E-state index contributed by atoms with van der Waals surface area (Å²) in [5.74, 6) is -0.934. The molecule has 0 unspecified atom stereocenters. The Bertz CT molecular complexity index is 1650. The van der Waals surface area contributed by atoms with Gasteiger partial charge < -0.3 is 15.0 Å². The molecule has 0 aromatic heterocycles. The van der Waals surface area contributed by atoms with E-state index in [2.05, 4.69) is 5.32 Å². The Balaban J connectivity index is 2.15. The molecule has 0 saturated heterocycles. The number of sulfonamides is 1.